The number of aliphatic hydroxyl groups is 1. The second-order valence-corrected chi connectivity index (χ2v) is 7.29. The van der Waals surface area contributed by atoms with Gasteiger partial charge in [0.05, 0.1) is 17.1 Å². The summed E-state index contributed by atoms with van der Waals surface area (Å²) in [5.41, 5.74) is -1.21. The standard InChI is InChI=1S/C17H28N2O/c1-2-4-14-6-8-16(13-18,9-7-14)17(20)10-12-19-11-3-5-15(17)19/h14-15,20H,2-12H2,1H3. The first kappa shape index (κ1) is 14.4. The molecule has 0 aromatic carbocycles. The molecule has 0 aromatic rings. The van der Waals surface area contributed by atoms with E-state index in [9.17, 15) is 10.4 Å². The Hall–Kier alpha value is -0.590. The first-order valence-electron chi connectivity index (χ1n) is 8.53. The van der Waals surface area contributed by atoms with Gasteiger partial charge in [0.25, 0.3) is 0 Å². The van der Waals surface area contributed by atoms with Gasteiger partial charge >= 0.3 is 0 Å². The summed E-state index contributed by atoms with van der Waals surface area (Å²) in [5, 5.41) is 21.3. The Morgan fingerprint density at radius 2 is 1.95 bits per heavy atom. The van der Waals surface area contributed by atoms with Crippen LogP contribution in [0.1, 0.15) is 64.7 Å². The summed E-state index contributed by atoms with van der Waals surface area (Å²) in [6, 6.07) is 2.85. The van der Waals surface area contributed by atoms with Crippen LogP contribution in [0, 0.1) is 22.7 Å². The van der Waals surface area contributed by atoms with Crippen molar-refractivity contribution >= 4 is 0 Å². The third-order valence-electron chi connectivity index (χ3n) is 6.39. The Labute approximate surface area is 123 Å². The Morgan fingerprint density at radius 3 is 2.60 bits per heavy atom. The lowest BCUT2D eigenvalue weighted by Gasteiger charge is -2.47. The molecule has 0 radical (unpaired) electrons. The van der Waals surface area contributed by atoms with Gasteiger partial charge in [0.2, 0.25) is 0 Å². The fourth-order valence-electron chi connectivity index (χ4n) is 5.18. The number of nitrogens with zero attached hydrogens (tertiary/aromatic N) is 2. The molecule has 2 aliphatic heterocycles. The lowest BCUT2D eigenvalue weighted by molar-refractivity contribution is -0.0941. The molecule has 0 spiro atoms. The lowest BCUT2D eigenvalue weighted by atomic mass is 9.59. The van der Waals surface area contributed by atoms with Gasteiger partial charge in [0.1, 0.15) is 0 Å². The highest BCUT2D eigenvalue weighted by Crippen LogP contribution is 2.54. The molecule has 2 saturated heterocycles. The van der Waals surface area contributed by atoms with Crippen LogP contribution in [-0.4, -0.2) is 34.7 Å². The van der Waals surface area contributed by atoms with Crippen molar-refractivity contribution in [1.29, 1.82) is 5.26 Å². The first-order chi connectivity index (χ1) is 9.65. The van der Waals surface area contributed by atoms with Crippen molar-refractivity contribution < 1.29 is 5.11 Å². The summed E-state index contributed by atoms with van der Waals surface area (Å²) >= 11 is 0. The molecular weight excluding hydrogens is 248 g/mol. The Balaban J connectivity index is 1.78. The van der Waals surface area contributed by atoms with Crippen LogP contribution in [0.3, 0.4) is 0 Å². The van der Waals surface area contributed by atoms with E-state index in [-0.39, 0.29) is 6.04 Å². The molecule has 3 nitrogen and oxygen atoms in total. The van der Waals surface area contributed by atoms with Crippen molar-refractivity contribution in [1.82, 2.24) is 4.90 Å². The van der Waals surface area contributed by atoms with Crippen molar-refractivity contribution in [3.05, 3.63) is 0 Å². The Kier molecular flexibility index (Phi) is 3.81. The van der Waals surface area contributed by atoms with Crippen LogP contribution in [-0.2, 0) is 0 Å². The van der Waals surface area contributed by atoms with E-state index >= 15 is 0 Å². The molecular formula is C17H28N2O. The van der Waals surface area contributed by atoms with E-state index in [1.807, 2.05) is 0 Å². The summed E-state index contributed by atoms with van der Waals surface area (Å²) in [6.45, 7) is 4.35. The van der Waals surface area contributed by atoms with Crippen LogP contribution in [0.25, 0.3) is 0 Å². The molecule has 2 atom stereocenters. The van der Waals surface area contributed by atoms with Gasteiger partial charge in [-0.3, -0.25) is 4.90 Å². The monoisotopic (exact) mass is 276 g/mol. The Morgan fingerprint density at radius 1 is 1.20 bits per heavy atom. The highest BCUT2D eigenvalue weighted by Gasteiger charge is 2.60. The zero-order valence-electron chi connectivity index (χ0n) is 12.8. The summed E-state index contributed by atoms with van der Waals surface area (Å²) in [7, 11) is 0. The minimum absolute atomic E-state index is 0.255. The van der Waals surface area contributed by atoms with Crippen molar-refractivity contribution in [3.63, 3.8) is 0 Å². The van der Waals surface area contributed by atoms with Gasteiger partial charge < -0.3 is 5.11 Å². The molecule has 2 unspecified atom stereocenters. The quantitative estimate of drug-likeness (QED) is 0.861. The van der Waals surface area contributed by atoms with E-state index in [0.29, 0.717) is 0 Å². The van der Waals surface area contributed by atoms with Crippen molar-refractivity contribution in [2.75, 3.05) is 13.1 Å². The minimum Gasteiger partial charge on any atom is -0.387 e. The molecule has 1 N–H and O–H groups in total. The van der Waals surface area contributed by atoms with Crippen molar-refractivity contribution in [2.45, 2.75) is 76.4 Å². The minimum atomic E-state index is -0.741. The predicted octanol–water partition coefficient (Wildman–Crippen LogP) is 3.09. The summed E-state index contributed by atoms with van der Waals surface area (Å²) < 4.78 is 0. The van der Waals surface area contributed by atoms with Gasteiger partial charge in [0.15, 0.2) is 0 Å². The number of fused-ring (bicyclic) bond motifs is 1. The largest absolute Gasteiger partial charge is 0.387 e. The van der Waals surface area contributed by atoms with E-state index in [1.54, 1.807) is 0 Å². The summed E-state index contributed by atoms with van der Waals surface area (Å²) in [4.78, 5) is 2.43. The summed E-state index contributed by atoms with van der Waals surface area (Å²) in [5.74, 6) is 0.783. The number of nitriles is 1. The van der Waals surface area contributed by atoms with Gasteiger partial charge in [0, 0.05) is 12.6 Å². The van der Waals surface area contributed by atoms with Crippen molar-refractivity contribution in [2.24, 2.45) is 11.3 Å². The van der Waals surface area contributed by atoms with Crippen LogP contribution < -0.4 is 0 Å². The number of hydrogen-bond donors (Lipinski definition) is 1. The zero-order chi connectivity index (χ0) is 14.2. The van der Waals surface area contributed by atoms with Crippen LogP contribution in [0.5, 0.6) is 0 Å². The van der Waals surface area contributed by atoms with Crippen LogP contribution in [0.15, 0.2) is 0 Å². The molecule has 2 heterocycles. The van der Waals surface area contributed by atoms with E-state index in [4.69, 9.17) is 0 Å². The maximum atomic E-state index is 11.4. The average Bonchev–Trinajstić information content (AvgIpc) is 3.05. The van der Waals surface area contributed by atoms with Gasteiger partial charge in [-0.25, -0.2) is 0 Å². The summed E-state index contributed by atoms with van der Waals surface area (Å²) in [6.07, 6.45) is 9.70. The second-order valence-electron chi connectivity index (χ2n) is 7.29. The molecule has 112 valence electrons. The van der Waals surface area contributed by atoms with E-state index < -0.39 is 11.0 Å². The van der Waals surface area contributed by atoms with Gasteiger partial charge in [-0.15, -0.1) is 0 Å². The predicted molar refractivity (Wildman–Crippen MR) is 79.1 cm³/mol. The molecule has 3 fully saturated rings. The zero-order valence-corrected chi connectivity index (χ0v) is 12.8. The molecule has 3 heteroatoms. The van der Waals surface area contributed by atoms with Gasteiger partial charge in [-0.1, -0.05) is 19.8 Å². The molecule has 1 aliphatic carbocycles. The van der Waals surface area contributed by atoms with Gasteiger partial charge in [-0.05, 0) is 57.4 Å². The third kappa shape index (κ3) is 2.00. The number of hydrogen-bond acceptors (Lipinski definition) is 3. The Bertz CT molecular complexity index is 394. The molecule has 3 aliphatic rings. The van der Waals surface area contributed by atoms with Gasteiger partial charge in [-0.2, -0.15) is 5.26 Å². The third-order valence-corrected chi connectivity index (χ3v) is 6.39. The second kappa shape index (κ2) is 5.31. The molecule has 0 aromatic heterocycles. The first-order valence-corrected chi connectivity index (χ1v) is 8.53. The van der Waals surface area contributed by atoms with Crippen LogP contribution >= 0.6 is 0 Å². The normalized spacial score (nSPS) is 45.2. The van der Waals surface area contributed by atoms with E-state index in [1.165, 1.54) is 19.3 Å². The van der Waals surface area contributed by atoms with Crippen molar-refractivity contribution in [3.8, 4) is 6.07 Å². The molecule has 0 amide bonds. The average molecular weight is 276 g/mol. The SMILES string of the molecule is CCCC1CCC(C#N)(C2(O)CCN3CCCC32)CC1. The lowest BCUT2D eigenvalue weighted by Crippen LogP contribution is -2.55. The highest BCUT2D eigenvalue weighted by molar-refractivity contribution is 5.20. The van der Waals surface area contributed by atoms with E-state index in [0.717, 1.165) is 57.5 Å². The topological polar surface area (TPSA) is 47.3 Å². The fraction of sp³-hybridized carbons (Fsp3) is 0.941. The smallest absolute Gasteiger partial charge is 0.0999 e. The van der Waals surface area contributed by atoms with E-state index in [2.05, 4.69) is 17.9 Å². The fourth-order valence-corrected chi connectivity index (χ4v) is 5.18. The van der Waals surface area contributed by atoms with Crippen LogP contribution in [0.4, 0.5) is 0 Å². The number of rotatable bonds is 3. The molecule has 0 bridgehead atoms. The molecule has 3 rings (SSSR count). The highest BCUT2D eigenvalue weighted by atomic mass is 16.3. The molecule has 20 heavy (non-hydrogen) atoms. The maximum absolute atomic E-state index is 11.4. The maximum Gasteiger partial charge on any atom is 0.0999 e. The molecule has 1 saturated carbocycles. The van der Waals surface area contributed by atoms with Crippen LogP contribution in [0.2, 0.25) is 0 Å².